The van der Waals surface area contributed by atoms with E-state index in [-0.39, 0.29) is 43.1 Å². The van der Waals surface area contributed by atoms with Crippen molar-refractivity contribution in [2.24, 2.45) is 0 Å². The van der Waals surface area contributed by atoms with E-state index in [2.05, 4.69) is 0 Å². The quantitative estimate of drug-likeness (QED) is 0.193. The van der Waals surface area contributed by atoms with Crippen molar-refractivity contribution in [2.45, 2.75) is 27.7 Å². The van der Waals surface area contributed by atoms with Crippen LogP contribution in [0.5, 0.6) is 0 Å². The average molecular weight is 598 g/mol. The number of hydrogen-bond donors (Lipinski definition) is 0. The van der Waals surface area contributed by atoms with Crippen LogP contribution in [0.1, 0.15) is 22.3 Å². The van der Waals surface area contributed by atoms with E-state index in [9.17, 15) is 17.6 Å². The van der Waals surface area contributed by atoms with Crippen molar-refractivity contribution in [1.82, 2.24) is 0 Å². The van der Waals surface area contributed by atoms with Crippen molar-refractivity contribution in [1.29, 1.82) is 0 Å². The van der Waals surface area contributed by atoms with Crippen molar-refractivity contribution < 1.29 is 71.5 Å². The first-order valence-electron chi connectivity index (χ1n) is 11.7. The summed E-state index contributed by atoms with van der Waals surface area (Å²) in [6.07, 6.45) is -4.68. The first-order chi connectivity index (χ1) is 19.0. The normalized spacial score (nSPS) is 11.6. The Balaban J connectivity index is 0.00000484. The maximum atomic E-state index is 15.9. The largest absolute Gasteiger partial charge is 1.00 e. The van der Waals surface area contributed by atoms with E-state index in [1.165, 1.54) is 0 Å². The van der Waals surface area contributed by atoms with Crippen LogP contribution in [-0.4, -0.2) is 6.15 Å². The molecule has 0 N–H and O–H groups in total. The molecule has 0 aliphatic carbocycles. The Morgan fingerprint density at radius 1 is 0.333 bits per heavy atom. The van der Waals surface area contributed by atoms with Crippen LogP contribution in [0.25, 0.3) is 0 Å². The molecule has 0 heterocycles. The maximum absolute atomic E-state index is 15.9. The Hall–Kier alpha value is -3.30. The molecule has 0 nitrogen and oxygen atoms in total. The van der Waals surface area contributed by atoms with Gasteiger partial charge in [-0.3, -0.25) is 0 Å². The molecule has 0 amide bonds. The standard InChI is InChI=1S/C28H16BF12.Li/c1-9-21(13(30)5-17(34)25(9)38)29(22-10(2)26(39)18(35)6-14(22)31,23-11(3)27(40)19(36)7-15(23)32)24-12(4)28(41)20(37)8-16(24)33;/h5-8H,1-4H3;/q-1;+1. The van der Waals surface area contributed by atoms with Gasteiger partial charge >= 0.3 is 18.9 Å². The Kier molecular flexibility index (Phi) is 9.03. The number of rotatable bonds is 4. The van der Waals surface area contributed by atoms with Crippen molar-refractivity contribution in [3.05, 3.63) is 116 Å². The number of benzene rings is 4. The molecule has 0 radical (unpaired) electrons. The molecule has 4 aromatic carbocycles. The summed E-state index contributed by atoms with van der Waals surface area (Å²) in [7, 11) is 0. The SMILES string of the molecule is Cc1c(F)c(F)cc(F)c1[B-](c1c(F)cc(F)c(F)c1C)(c1c(F)cc(F)c(F)c1C)c1c(F)cc(F)c(F)c1C.[Li+]. The van der Waals surface area contributed by atoms with E-state index >= 15 is 35.1 Å². The number of halogens is 12. The molecule has 0 aliphatic rings. The van der Waals surface area contributed by atoms with Gasteiger partial charge in [0.15, 0.2) is 46.5 Å². The molecule has 0 saturated heterocycles. The van der Waals surface area contributed by atoms with Crippen LogP contribution in [-0.2, 0) is 0 Å². The summed E-state index contributed by atoms with van der Waals surface area (Å²) in [6.45, 7) is 2.67. The summed E-state index contributed by atoms with van der Waals surface area (Å²) < 4.78 is 181. The topological polar surface area (TPSA) is 0 Å². The third-order valence-corrected chi connectivity index (χ3v) is 7.55. The molecule has 4 aromatic rings. The van der Waals surface area contributed by atoms with Crippen LogP contribution in [0.3, 0.4) is 0 Å². The first kappa shape index (κ1) is 33.2. The molecule has 0 fully saturated rings. The zero-order valence-electron chi connectivity index (χ0n) is 22.4. The Bertz CT molecular complexity index is 1510. The second kappa shape index (κ2) is 11.4. The molecule has 0 saturated carbocycles. The predicted molar refractivity (Wildman–Crippen MR) is 129 cm³/mol. The molecule has 0 unspecified atom stereocenters. The van der Waals surface area contributed by atoms with Gasteiger partial charge in [0.25, 0.3) is 0 Å². The Labute approximate surface area is 243 Å². The molecule has 0 aromatic heterocycles. The second-order valence-electron chi connectivity index (χ2n) is 9.64. The molecule has 0 bridgehead atoms. The second-order valence-corrected chi connectivity index (χ2v) is 9.64. The van der Waals surface area contributed by atoms with Crippen LogP contribution >= 0.6 is 0 Å². The van der Waals surface area contributed by atoms with Gasteiger partial charge in [0.1, 0.15) is 6.15 Å². The Morgan fingerprint density at radius 3 is 0.667 bits per heavy atom. The summed E-state index contributed by atoms with van der Waals surface area (Å²) in [5, 5.41) is 0. The predicted octanol–water partition coefficient (Wildman–Crippen LogP) is 2.97. The molecule has 42 heavy (non-hydrogen) atoms. The Morgan fingerprint density at radius 2 is 0.500 bits per heavy atom. The minimum atomic E-state index is -4.68. The summed E-state index contributed by atoms with van der Waals surface area (Å²) in [6, 6.07) is -0.494. The molecule has 216 valence electrons. The van der Waals surface area contributed by atoms with Gasteiger partial charge in [-0.15, -0.1) is 0 Å². The summed E-state index contributed by atoms with van der Waals surface area (Å²) in [4.78, 5) is 0. The van der Waals surface area contributed by atoms with E-state index in [0.717, 1.165) is 0 Å². The molecule has 14 heteroatoms. The van der Waals surface area contributed by atoms with Gasteiger partial charge in [-0.25, -0.2) is 52.7 Å². The van der Waals surface area contributed by atoms with E-state index in [1.54, 1.807) is 0 Å². The summed E-state index contributed by atoms with van der Waals surface area (Å²) in [5.41, 5.74) is -9.90. The van der Waals surface area contributed by atoms with E-state index in [4.69, 9.17) is 0 Å². The van der Waals surface area contributed by atoms with Crippen LogP contribution in [0.15, 0.2) is 24.3 Å². The van der Waals surface area contributed by atoms with Crippen LogP contribution in [0.2, 0.25) is 0 Å². The molecule has 4 rings (SSSR count). The van der Waals surface area contributed by atoms with Gasteiger partial charge in [-0.05, 0) is 49.9 Å². The summed E-state index contributed by atoms with van der Waals surface area (Å²) >= 11 is 0. The molecule has 0 atom stereocenters. The minimum absolute atomic E-state index is 0. The van der Waals surface area contributed by atoms with Gasteiger partial charge in [0.05, 0.1) is 23.3 Å². The van der Waals surface area contributed by atoms with Crippen LogP contribution in [0.4, 0.5) is 52.7 Å². The molecule has 0 aliphatic heterocycles. The molecular weight excluding hydrogens is 582 g/mol. The van der Waals surface area contributed by atoms with Crippen molar-refractivity contribution in [2.75, 3.05) is 0 Å². The average Bonchev–Trinajstić information content (AvgIpc) is 2.87. The monoisotopic (exact) mass is 598 g/mol. The summed E-state index contributed by atoms with van der Waals surface area (Å²) in [5.74, 6) is -22.3. The van der Waals surface area contributed by atoms with E-state index in [1.807, 2.05) is 0 Å². The van der Waals surface area contributed by atoms with Crippen molar-refractivity contribution in [3.8, 4) is 0 Å². The zero-order valence-corrected chi connectivity index (χ0v) is 22.4. The fourth-order valence-electron chi connectivity index (χ4n) is 5.91. The third kappa shape index (κ3) is 4.61. The van der Waals surface area contributed by atoms with Gasteiger partial charge in [-0.1, -0.05) is 0 Å². The van der Waals surface area contributed by atoms with Gasteiger partial charge < -0.3 is 0 Å². The van der Waals surface area contributed by atoms with Crippen molar-refractivity contribution in [3.63, 3.8) is 0 Å². The van der Waals surface area contributed by atoms with Gasteiger partial charge in [0, 0.05) is 24.3 Å². The molecular formula is C28H16BF12Li. The number of hydrogen-bond acceptors (Lipinski definition) is 0. The van der Waals surface area contributed by atoms with E-state index in [0.29, 0.717) is 27.7 Å². The van der Waals surface area contributed by atoms with Crippen LogP contribution in [0, 0.1) is 97.5 Å². The zero-order chi connectivity index (χ0) is 30.9. The molecule has 0 spiro atoms. The fourth-order valence-corrected chi connectivity index (χ4v) is 5.91. The minimum Gasteiger partial charge on any atom is -0.210 e. The van der Waals surface area contributed by atoms with E-state index < -0.39 is 120 Å². The third-order valence-electron chi connectivity index (χ3n) is 7.55. The van der Waals surface area contributed by atoms with Crippen molar-refractivity contribution >= 4 is 28.0 Å². The fraction of sp³-hybridized carbons (Fsp3) is 0.143. The van der Waals surface area contributed by atoms with Gasteiger partial charge in [-0.2, -0.15) is 21.9 Å². The smallest absolute Gasteiger partial charge is 0.210 e. The van der Waals surface area contributed by atoms with Crippen LogP contribution < -0.4 is 40.7 Å². The first-order valence-corrected chi connectivity index (χ1v) is 11.7. The van der Waals surface area contributed by atoms with Gasteiger partial charge in [0.2, 0.25) is 0 Å². The maximum Gasteiger partial charge on any atom is 1.00 e.